The van der Waals surface area contributed by atoms with E-state index >= 15 is 0 Å². The first-order valence-corrected chi connectivity index (χ1v) is 6.82. The van der Waals surface area contributed by atoms with Gasteiger partial charge in [0, 0.05) is 5.69 Å². The maximum Gasteiger partial charge on any atom is 0.414 e. The van der Waals surface area contributed by atoms with Crippen LogP contribution in [0.4, 0.5) is 45.6 Å². The third kappa shape index (κ3) is 4.22. The Kier molecular flexibility index (Phi) is 6.55. The van der Waals surface area contributed by atoms with E-state index in [1.54, 1.807) is 5.32 Å². The molecule has 0 aliphatic heterocycles. The molecule has 1 rings (SSSR count). The number of anilines is 1. The second-order valence-electron chi connectivity index (χ2n) is 4.73. The van der Waals surface area contributed by atoms with Crippen molar-refractivity contribution in [2.75, 3.05) is 19.1 Å². The van der Waals surface area contributed by atoms with Gasteiger partial charge in [0.2, 0.25) is 0 Å². The molecule has 0 spiro atoms. The molecule has 0 aromatic heterocycles. The van der Waals surface area contributed by atoms with Crippen LogP contribution < -0.4 is 10.1 Å². The Bertz CT molecular complexity index is 658. The van der Waals surface area contributed by atoms with Crippen LogP contribution in [0.15, 0.2) is 18.2 Å². The van der Waals surface area contributed by atoms with Crippen molar-refractivity contribution in [3.8, 4) is 5.75 Å². The summed E-state index contributed by atoms with van der Waals surface area (Å²) in [5, 5.41) is 1.59. The minimum absolute atomic E-state index is 0.0680. The van der Waals surface area contributed by atoms with Gasteiger partial charge in [-0.1, -0.05) is 11.6 Å². The molecule has 1 unspecified atom stereocenters. The lowest BCUT2D eigenvalue weighted by molar-refractivity contribution is -0.348. The monoisotopic (exact) mass is 415 g/mol. The average molecular weight is 416 g/mol. The van der Waals surface area contributed by atoms with Crippen LogP contribution in [0.3, 0.4) is 0 Å². The number of hydrogen-bond donors (Lipinski definition) is 1. The Hall–Kier alpha value is -1.98. The number of benzene rings is 1. The first-order chi connectivity index (χ1) is 11.8. The molecule has 148 valence electrons. The number of hydrogen-bond acceptors (Lipinski definition) is 3. The van der Waals surface area contributed by atoms with Crippen molar-refractivity contribution in [2.45, 2.75) is 24.1 Å². The van der Waals surface area contributed by atoms with E-state index in [9.17, 15) is 39.9 Å². The predicted octanol–water partition coefficient (Wildman–Crippen LogP) is 5.07. The van der Waals surface area contributed by atoms with Crippen LogP contribution in [0, 0.1) is 0 Å². The molecule has 0 heterocycles. The Labute approximate surface area is 146 Å². The van der Waals surface area contributed by atoms with Gasteiger partial charge < -0.3 is 9.47 Å². The number of ether oxygens (including phenoxy) is 2. The molecule has 1 aromatic carbocycles. The van der Waals surface area contributed by atoms with Crippen LogP contribution in [0.1, 0.15) is 0 Å². The van der Waals surface area contributed by atoms with Crippen molar-refractivity contribution >= 4 is 23.4 Å². The molecular formula is C13H10ClF8NO3. The normalized spacial score (nSPS) is 13.9. The average Bonchev–Trinajstić information content (AvgIpc) is 2.54. The molecule has 1 atom stereocenters. The van der Waals surface area contributed by atoms with Gasteiger partial charge in [-0.2, -0.15) is 30.7 Å². The standard InChI is InChI=1S/C13H10ClF8NO3/c1-25-8-3-2-6(4-7(8)14)23-10(24)26-9(16)12(19,20)13(21,22)11(17,18)5-15/h2-4,9H,5H2,1H3,(H,23,24). The fraction of sp³-hybridized carbons (Fsp3) is 0.462. The maximum absolute atomic E-state index is 13.3. The molecule has 26 heavy (non-hydrogen) atoms. The van der Waals surface area contributed by atoms with E-state index in [1.165, 1.54) is 13.2 Å². The van der Waals surface area contributed by atoms with Crippen molar-refractivity contribution in [3.63, 3.8) is 0 Å². The van der Waals surface area contributed by atoms with Crippen molar-refractivity contribution < 1.29 is 49.4 Å². The molecule has 1 N–H and O–H groups in total. The highest BCUT2D eigenvalue weighted by atomic mass is 35.5. The fourth-order valence-corrected chi connectivity index (χ4v) is 1.79. The largest absolute Gasteiger partial charge is 0.495 e. The topological polar surface area (TPSA) is 47.6 Å². The zero-order valence-corrected chi connectivity index (χ0v) is 13.4. The van der Waals surface area contributed by atoms with Gasteiger partial charge >= 0.3 is 30.2 Å². The second kappa shape index (κ2) is 7.72. The van der Waals surface area contributed by atoms with E-state index in [4.69, 9.17) is 16.3 Å². The first kappa shape index (κ1) is 22.1. The molecule has 1 aromatic rings. The first-order valence-electron chi connectivity index (χ1n) is 6.44. The summed E-state index contributed by atoms with van der Waals surface area (Å²) in [6.45, 7) is -3.18. The molecular weight excluding hydrogens is 406 g/mol. The summed E-state index contributed by atoms with van der Waals surface area (Å²) in [4.78, 5) is 11.3. The van der Waals surface area contributed by atoms with Crippen LogP contribution in [0.5, 0.6) is 5.75 Å². The van der Waals surface area contributed by atoms with Gasteiger partial charge in [-0.3, -0.25) is 5.32 Å². The summed E-state index contributed by atoms with van der Waals surface area (Å²) in [7, 11) is 1.26. The molecule has 4 nitrogen and oxygen atoms in total. The quantitative estimate of drug-likeness (QED) is 0.633. The summed E-state index contributed by atoms with van der Waals surface area (Å²) < 4.78 is 111. The second-order valence-corrected chi connectivity index (χ2v) is 5.14. The zero-order valence-electron chi connectivity index (χ0n) is 12.6. The summed E-state index contributed by atoms with van der Waals surface area (Å²) in [5.41, 5.74) is -0.239. The minimum atomic E-state index is -6.46. The van der Waals surface area contributed by atoms with E-state index in [-0.39, 0.29) is 16.5 Å². The Morgan fingerprint density at radius 2 is 1.81 bits per heavy atom. The minimum Gasteiger partial charge on any atom is -0.495 e. The summed E-state index contributed by atoms with van der Waals surface area (Å²) >= 11 is 5.69. The highest BCUT2D eigenvalue weighted by Gasteiger charge is 2.76. The van der Waals surface area contributed by atoms with Gasteiger partial charge in [-0.05, 0) is 18.2 Å². The van der Waals surface area contributed by atoms with E-state index < -0.39 is 36.9 Å². The van der Waals surface area contributed by atoms with Crippen molar-refractivity contribution in [1.82, 2.24) is 0 Å². The van der Waals surface area contributed by atoms with Crippen LogP contribution in [-0.2, 0) is 4.74 Å². The lowest BCUT2D eigenvalue weighted by Crippen LogP contribution is -2.60. The number of halogens is 9. The van der Waals surface area contributed by atoms with Gasteiger partial charge in [-0.15, -0.1) is 0 Å². The SMILES string of the molecule is COc1ccc(NC(=O)OC(F)C(F)(F)C(F)(F)C(F)(F)CF)cc1Cl. The van der Waals surface area contributed by atoms with E-state index in [0.29, 0.717) is 0 Å². The van der Waals surface area contributed by atoms with Crippen LogP contribution in [-0.4, -0.2) is 44.0 Å². The Balaban J connectivity index is 2.87. The molecule has 0 bridgehead atoms. The number of nitrogens with one attached hydrogen (secondary N) is 1. The van der Waals surface area contributed by atoms with Gasteiger partial charge in [-0.25, -0.2) is 9.18 Å². The molecule has 0 fully saturated rings. The Morgan fingerprint density at radius 1 is 1.23 bits per heavy atom. The Morgan fingerprint density at radius 3 is 2.27 bits per heavy atom. The smallest absolute Gasteiger partial charge is 0.414 e. The zero-order chi connectivity index (χ0) is 20.3. The fourth-order valence-electron chi connectivity index (χ4n) is 1.53. The van der Waals surface area contributed by atoms with Gasteiger partial charge in [0.05, 0.1) is 12.1 Å². The predicted molar refractivity (Wildman–Crippen MR) is 73.8 cm³/mol. The molecule has 0 aliphatic rings. The van der Waals surface area contributed by atoms with Crippen molar-refractivity contribution in [3.05, 3.63) is 23.2 Å². The number of methoxy groups -OCH3 is 1. The van der Waals surface area contributed by atoms with Gasteiger partial charge in [0.25, 0.3) is 0 Å². The summed E-state index contributed by atoms with van der Waals surface area (Å²) in [6, 6.07) is 3.32. The molecule has 0 saturated heterocycles. The van der Waals surface area contributed by atoms with Crippen molar-refractivity contribution in [1.29, 1.82) is 0 Å². The number of carbonyl (C=O) groups is 1. The third-order valence-corrected chi connectivity index (χ3v) is 3.23. The number of amides is 1. The van der Waals surface area contributed by atoms with Crippen molar-refractivity contribution in [2.24, 2.45) is 0 Å². The highest BCUT2D eigenvalue weighted by molar-refractivity contribution is 6.32. The summed E-state index contributed by atoms with van der Waals surface area (Å²) in [6.07, 6.45) is -6.51. The van der Waals surface area contributed by atoms with Crippen LogP contribution >= 0.6 is 11.6 Å². The van der Waals surface area contributed by atoms with Gasteiger partial charge in [0.15, 0.2) is 6.67 Å². The van der Waals surface area contributed by atoms with E-state index in [1.807, 2.05) is 0 Å². The lowest BCUT2D eigenvalue weighted by Gasteiger charge is -2.32. The molecule has 0 saturated carbocycles. The molecule has 13 heteroatoms. The molecule has 0 aliphatic carbocycles. The third-order valence-electron chi connectivity index (χ3n) is 2.94. The van der Waals surface area contributed by atoms with E-state index in [0.717, 1.165) is 12.1 Å². The molecule has 0 radical (unpaired) electrons. The highest BCUT2D eigenvalue weighted by Crippen LogP contribution is 2.48. The summed E-state index contributed by atoms with van der Waals surface area (Å²) in [5.74, 6) is -18.4. The maximum atomic E-state index is 13.3. The van der Waals surface area contributed by atoms with Gasteiger partial charge in [0.1, 0.15) is 5.75 Å². The lowest BCUT2D eigenvalue weighted by atomic mass is 10.1. The number of alkyl halides is 8. The van der Waals surface area contributed by atoms with Crippen LogP contribution in [0.25, 0.3) is 0 Å². The van der Waals surface area contributed by atoms with E-state index in [2.05, 4.69) is 4.74 Å². The number of carbonyl (C=O) groups excluding carboxylic acids is 1. The molecule has 1 amide bonds. The number of rotatable bonds is 7. The van der Waals surface area contributed by atoms with Crippen LogP contribution in [0.2, 0.25) is 5.02 Å².